The molecule has 2 rings (SSSR count). The number of hydrogen-bond acceptors (Lipinski definition) is 3. The van der Waals surface area contributed by atoms with Gasteiger partial charge in [-0.3, -0.25) is 4.79 Å². The minimum Gasteiger partial charge on any atom is -0.364 e. The van der Waals surface area contributed by atoms with Gasteiger partial charge >= 0.3 is 0 Å². The van der Waals surface area contributed by atoms with Crippen LogP contribution >= 0.6 is 0 Å². The molecule has 2 N–H and O–H groups in total. The van der Waals surface area contributed by atoms with Gasteiger partial charge in [0.05, 0.1) is 12.2 Å². The van der Waals surface area contributed by atoms with E-state index in [9.17, 15) is 4.79 Å². The Morgan fingerprint density at radius 3 is 2.65 bits per heavy atom. The fraction of sp³-hybridized carbons (Fsp3) is 0.250. The fourth-order valence-corrected chi connectivity index (χ4v) is 1.76. The number of amides is 1. The van der Waals surface area contributed by atoms with Crippen LogP contribution in [0.5, 0.6) is 0 Å². The van der Waals surface area contributed by atoms with Gasteiger partial charge in [0.1, 0.15) is 0 Å². The lowest BCUT2D eigenvalue weighted by molar-refractivity contribution is 0.0994. The number of carbonyl (C=O) groups excluding carboxylic acids is 1. The van der Waals surface area contributed by atoms with Crippen molar-refractivity contribution in [2.24, 2.45) is 5.73 Å². The largest absolute Gasteiger partial charge is 0.364 e. The summed E-state index contributed by atoms with van der Waals surface area (Å²) in [5, 5.41) is 7.79. The summed E-state index contributed by atoms with van der Waals surface area (Å²) >= 11 is 0. The molecule has 0 unspecified atom stereocenters. The van der Waals surface area contributed by atoms with Crippen LogP contribution in [0, 0.1) is 0 Å². The van der Waals surface area contributed by atoms with E-state index in [1.54, 1.807) is 4.68 Å². The average molecular weight is 230 g/mol. The first kappa shape index (κ1) is 11.3. The van der Waals surface area contributed by atoms with Gasteiger partial charge in [-0.25, -0.2) is 4.68 Å². The van der Waals surface area contributed by atoms with Gasteiger partial charge in [0.2, 0.25) is 0 Å². The number of primary amides is 1. The molecule has 1 aromatic carbocycles. The van der Waals surface area contributed by atoms with Crippen molar-refractivity contribution in [3.63, 3.8) is 0 Å². The molecule has 88 valence electrons. The second kappa shape index (κ2) is 4.78. The number of benzene rings is 1. The monoisotopic (exact) mass is 230 g/mol. The Kier molecular flexibility index (Phi) is 3.18. The molecule has 5 nitrogen and oxygen atoms in total. The van der Waals surface area contributed by atoms with Crippen LogP contribution in [0.15, 0.2) is 30.3 Å². The lowest BCUT2D eigenvalue weighted by atomic mass is 10.2. The van der Waals surface area contributed by atoms with Gasteiger partial charge in [0.25, 0.3) is 5.91 Å². The topological polar surface area (TPSA) is 73.8 Å². The normalized spacial score (nSPS) is 10.4. The van der Waals surface area contributed by atoms with Crippen LogP contribution in [-0.4, -0.2) is 20.9 Å². The van der Waals surface area contributed by atoms with Crippen LogP contribution in [0.3, 0.4) is 0 Å². The van der Waals surface area contributed by atoms with Crippen LogP contribution < -0.4 is 5.73 Å². The summed E-state index contributed by atoms with van der Waals surface area (Å²) in [4.78, 5) is 11.2. The number of hydrogen-bond donors (Lipinski definition) is 1. The highest BCUT2D eigenvalue weighted by Gasteiger charge is 2.15. The zero-order valence-corrected chi connectivity index (χ0v) is 9.63. The Bertz CT molecular complexity index is 519. The molecule has 0 bridgehead atoms. The van der Waals surface area contributed by atoms with Crippen molar-refractivity contribution < 1.29 is 4.79 Å². The number of carbonyl (C=O) groups is 1. The maximum Gasteiger partial charge on any atom is 0.271 e. The van der Waals surface area contributed by atoms with Crippen LogP contribution in [0.25, 0.3) is 0 Å². The summed E-state index contributed by atoms with van der Waals surface area (Å²) in [5.41, 5.74) is 7.40. The lowest BCUT2D eigenvalue weighted by Crippen LogP contribution is -2.15. The predicted octanol–water partition coefficient (Wildman–Crippen LogP) is 0.988. The molecular weight excluding hydrogens is 216 g/mol. The minimum atomic E-state index is -0.527. The maximum atomic E-state index is 11.2. The smallest absolute Gasteiger partial charge is 0.271 e. The molecule has 0 atom stereocenters. The van der Waals surface area contributed by atoms with Crippen LogP contribution in [0.1, 0.15) is 28.7 Å². The Hall–Kier alpha value is -2.17. The molecule has 0 aliphatic rings. The summed E-state index contributed by atoms with van der Waals surface area (Å²) in [6.45, 7) is 2.55. The summed E-state index contributed by atoms with van der Waals surface area (Å²) < 4.78 is 1.72. The lowest BCUT2D eigenvalue weighted by Gasteiger charge is -2.05. The third-order valence-corrected chi connectivity index (χ3v) is 2.58. The third-order valence-electron chi connectivity index (χ3n) is 2.58. The van der Waals surface area contributed by atoms with Gasteiger partial charge in [0.15, 0.2) is 5.69 Å². The highest BCUT2D eigenvalue weighted by Crippen LogP contribution is 2.09. The van der Waals surface area contributed by atoms with Crippen molar-refractivity contribution in [3.05, 3.63) is 47.3 Å². The van der Waals surface area contributed by atoms with Gasteiger partial charge in [-0.2, -0.15) is 0 Å². The first-order valence-corrected chi connectivity index (χ1v) is 5.48. The molecule has 1 aromatic heterocycles. The SMILES string of the molecule is CCc1c(C(N)=O)nnn1Cc1ccccc1. The molecular formula is C12H14N4O. The summed E-state index contributed by atoms with van der Waals surface area (Å²) in [7, 11) is 0. The summed E-state index contributed by atoms with van der Waals surface area (Å²) in [6.07, 6.45) is 0.679. The minimum absolute atomic E-state index is 0.267. The quantitative estimate of drug-likeness (QED) is 0.851. The summed E-state index contributed by atoms with van der Waals surface area (Å²) in [5.74, 6) is -0.527. The van der Waals surface area contributed by atoms with Gasteiger partial charge in [-0.1, -0.05) is 42.5 Å². The fourth-order valence-electron chi connectivity index (χ4n) is 1.76. The molecule has 0 spiro atoms. The molecule has 5 heteroatoms. The molecule has 0 fully saturated rings. The Labute approximate surface area is 99.2 Å². The van der Waals surface area contributed by atoms with Crippen molar-refractivity contribution in [2.75, 3.05) is 0 Å². The number of nitrogens with two attached hydrogens (primary N) is 1. The highest BCUT2D eigenvalue weighted by atomic mass is 16.1. The van der Waals surface area contributed by atoms with Gasteiger partial charge in [0, 0.05) is 0 Å². The molecule has 0 aliphatic heterocycles. The molecule has 2 aromatic rings. The molecule has 0 aliphatic carbocycles. The van der Waals surface area contributed by atoms with E-state index in [1.807, 2.05) is 37.3 Å². The van der Waals surface area contributed by atoms with Crippen molar-refractivity contribution >= 4 is 5.91 Å². The van der Waals surface area contributed by atoms with Gasteiger partial charge in [-0.15, -0.1) is 5.10 Å². The van der Waals surface area contributed by atoms with Crippen molar-refractivity contribution in [1.82, 2.24) is 15.0 Å². The molecule has 0 radical (unpaired) electrons. The molecule has 1 heterocycles. The van der Waals surface area contributed by atoms with E-state index in [-0.39, 0.29) is 5.69 Å². The van der Waals surface area contributed by atoms with Crippen LogP contribution in [0.4, 0.5) is 0 Å². The number of rotatable bonds is 4. The molecule has 17 heavy (non-hydrogen) atoms. The summed E-state index contributed by atoms with van der Waals surface area (Å²) in [6, 6.07) is 9.90. The highest BCUT2D eigenvalue weighted by molar-refractivity contribution is 5.91. The van der Waals surface area contributed by atoms with E-state index in [2.05, 4.69) is 10.3 Å². The first-order chi connectivity index (χ1) is 8.22. The predicted molar refractivity (Wildman–Crippen MR) is 63.5 cm³/mol. The second-order valence-electron chi connectivity index (χ2n) is 3.75. The zero-order valence-electron chi connectivity index (χ0n) is 9.63. The van der Waals surface area contributed by atoms with Crippen molar-refractivity contribution in [2.45, 2.75) is 19.9 Å². The zero-order chi connectivity index (χ0) is 12.3. The van der Waals surface area contributed by atoms with Crippen LogP contribution in [-0.2, 0) is 13.0 Å². The maximum absolute atomic E-state index is 11.2. The van der Waals surface area contributed by atoms with E-state index in [0.29, 0.717) is 13.0 Å². The van der Waals surface area contributed by atoms with E-state index in [0.717, 1.165) is 11.3 Å². The van der Waals surface area contributed by atoms with Crippen LogP contribution in [0.2, 0.25) is 0 Å². The Morgan fingerprint density at radius 1 is 1.35 bits per heavy atom. The second-order valence-corrected chi connectivity index (χ2v) is 3.75. The molecule has 0 saturated carbocycles. The first-order valence-electron chi connectivity index (χ1n) is 5.48. The Balaban J connectivity index is 2.31. The average Bonchev–Trinajstić information content (AvgIpc) is 2.73. The van der Waals surface area contributed by atoms with Gasteiger partial charge < -0.3 is 5.73 Å². The van der Waals surface area contributed by atoms with E-state index >= 15 is 0 Å². The number of aromatic nitrogens is 3. The van der Waals surface area contributed by atoms with E-state index in [1.165, 1.54) is 0 Å². The van der Waals surface area contributed by atoms with Crippen molar-refractivity contribution in [1.29, 1.82) is 0 Å². The Morgan fingerprint density at radius 2 is 2.06 bits per heavy atom. The molecule has 0 saturated heterocycles. The van der Waals surface area contributed by atoms with E-state index in [4.69, 9.17) is 5.73 Å². The number of nitrogens with zero attached hydrogens (tertiary/aromatic N) is 3. The van der Waals surface area contributed by atoms with Crippen molar-refractivity contribution in [3.8, 4) is 0 Å². The van der Waals surface area contributed by atoms with Gasteiger partial charge in [-0.05, 0) is 12.0 Å². The molecule has 1 amide bonds. The standard InChI is InChI=1S/C12H14N4O/c1-2-10-11(12(13)17)14-15-16(10)8-9-6-4-3-5-7-9/h3-7H,2,8H2,1H3,(H2,13,17). The van der Waals surface area contributed by atoms with E-state index < -0.39 is 5.91 Å². The third kappa shape index (κ3) is 2.33.